The van der Waals surface area contributed by atoms with Gasteiger partial charge in [-0.2, -0.15) is 0 Å². The van der Waals surface area contributed by atoms with Gasteiger partial charge in [-0.3, -0.25) is 0 Å². The van der Waals surface area contributed by atoms with Gasteiger partial charge < -0.3 is 10.2 Å². The second-order valence-electron chi connectivity index (χ2n) is 4.07. The largest absolute Gasteiger partial charge is 0.478 e. The Hall–Kier alpha value is -2.10. The summed E-state index contributed by atoms with van der Waals surface area (Å²) in [5, 5.41) is 17.3. The highest BCUT2D eigenvalue weighted by Crippen LogP contribution is 2.11. The summed E-state index contributed by atoms with van der Waals surface area (Å²) in [4.78, 5) is 21.1. The second kappa shape index (κ2) is 8.91. The molecule has 1 rings (SSSR count). The van der Waals surface area contributed by atoms with Crippen molar-refractivity contribution in [3.05, 3.63) is 47.5 Å². The van der Waals surface area contributed by atoms with E-state index in [4.69, 9.17) is 10.2 Å². The first-order chi connectivity index (χ1) is 8.93. The molecule has 0 aliphatic rings. The summed E-state index contributed by atoms with van der Waals surface area (Å²) >= 11 is 0. The summed E-state index contributed by atoms with van der Waals surface area (Å²) < 4.78 is 0. The van der Waals surface area contributed by atoms with E-state index in [0.29, 0.717) is 5.56 Å². The summed E-state index contributed by atoms with van der Waals surface area (Å²) in [5.41, 5.74) is 0.570. The molecule has 1 aromatic rings. The van der Waals surface area contributed by atoms with Crippen LogP contribution >= 0.6 is 0 Å². The van der Waals surface area contributed by atoms with Crippen molar-refractivity contribution in [2.24, 2.45) is 0 Å². The minimum Gasteiger partial charge on any atom is -0.478 e. The number of benzene rings is 1. The average molecular weight is 264 g/mol. The molecular formula is C15H20O4. The fourth-order valence-electron chi connectivity index (χ4n) is 1.33. The summed E-state index contributed by atoms with van der Waals surface area (Å²) in [6.07, 6.45) is 5.72. The lowest BCUT2D eigenvalue weighted by molar-refractivity contribution is 0.0695. The molecule has 0 aliphatic heterocycles. The number of allylic oxidation sites excluding steroid dienone is 1. The van der Waals surface area contributed by atoms with Crippen LogP contribution < -0.4 is 0 Å². The van der Waals surface area contributed by atoms with E-state index in [0.717, 1.165) is 6.07 Å². The zero-order valence-electron chi connectivity index (χ0n) is 11.3. The van der Waals surface area contributed by atoms with E-state index in [1.807, 2.05) is 6.08 Å². The SMILES string of the molecule is C=CCCCC.Cc1ccc(C(=O)O)cc1C(=O)O. The Morgan fingerprint density at radius 2 is 1.89 bits per heavy atom. The van der Waals surface area contributed by atoms with Crippen molar-refractivity contribution < 1.29 is 19.8 Å². The number of hydrogen-bond acceptors (Lipinski definition) is 2. The van der Waals surface area contributed by atoms with Gasteiger partial charge in [-0.05, 0) is 31.0 Å². The third-order valence-corrected chi connectivity index (χ3v) is 2.48. The predicted octanol–water partition coefficient (Wildman–Crippen LogP) is 3.75. The van der Waals surface area contributed by atoms with Crippen molar-refractivity contribution in [3.8, 4) is 0 Å². The summed E-state index contributed by atoms with van der Waals surface area (Å²) in [5.74, 6) is -2.23. The van der Waals surface area contributed by atoms with Crippen molar-refractivity contribution in [2.75, 3.05) is 0 Å². The number of carbonyl (C=O) groups is 2. The van der Waals surface area contributed by atoms with Crippen LogP contribution in [0.25, 0.3) is 0 Å². The van der Waals surface area contributed by atoms with Crippen LogP contribution in [-0.2, 0) is 0 Å². The van der Waals surface area contributed by atoms with E-state index in [-0.39, 0.29) is 11.1 Å². The van der Waals surface area contributed by atoms with E-state index in [2.05, 4.69) is 13.5 Å². The Morgan fingerprint density at radius 1 is 1.26 bits per heavy atom. The fourth-order valence-corrected chi connectivity index (χ4v) is 1.33. The molecular weight excluding hydrogens is 244 g/mol. The van der Waals surface area contributed by atoms with Crippen molar-refractivity contribution in [2.45, 2.75) is 33.1 Å². The third-order valence-electron chi connectivity index (χ3n) is 2.48. The Labute approximate surface area is 113 Å². The van der Waals surface area contributed by atoms with Crippen molar-refractivity contribution >= 4 is 11.9 Å². The highest BCUT2D eigenvalue weighted by Gasteiger charge is 2.10. The van der Waals surface area contributed by atoms with Crippen molar-refractivity contribution in [3.63, 3.8) is 0 Å². The Morgan fingerprint density at radius 3 is 2.26 bits per heavy atom. The van der Waals surface area contributed by atoms with Gasteiger partial charge in [0.05, 0.1) is 11.1 Å². The van der Waals surface area contributed by atoms with Crippen molar-refractivity contribution in [1.82, 2.24) is 0 Å². The van der Waals surface area contributed by atoms with Gasteiger partial charge in [0.15, 0.2) is 0 Å². The molecule has 0 atom stereocenters. The smallest absolute Gasteiger partial charge is 0.335 e. The van der Waals surface area contributed by atoms with E-state index in [1.54, 1.807) is 6.92 Å². The first kappa shape index (κ1) is 16.9. The zero-order chi connectivity index (χ0) is 14.8. The molecule has 0 heterocycles. The predicted molar refractivity (Wildman–Crippen MR) is 74.8 cm³/mol. The van der Waals surface area contributed by atoms with Crippen molar-refractivity contribution in [1.29, 1.82) is 0 Å². The zero-order valence-corrected chi connectivity index (χ0v) is 11.3. The van der Waals surface area contributed by atoms with Gasteiger partial charge in [-0.1, -0.05) is 31.9 Å². The van der Waals surface area contributed by atoms with E-state index >= 15 is 0 Å². The number of rotatable bonds is 5. The number of unbranched alkanes of at least 4 members (excludes halogenated alkanes) is 2. The topological polar surface area (TPSA) is 74.6 Å². The molecule has 1 aromatic carbocycles. The number of aromatic carboxylic acids is 2. The molecule has 0 radical (unpaired) electrons. The minimum atomic E-state index is -1.12. The van der Waals surface area contributed by atoms with Crippen LogP contribution in [0.5, 0.6) is 0 Å². The standard InChI is InChI=1S/C9H8O4.C6H12/c1-5-2-3-6(8(10)11)4-7(5)9(12)13;1-3-5-6-4-2/h2-4H,1H3,(H,10,11)(H,12,13);3H,1,4-6H2,2H3. The molecule has 0 aliphatic carbocycles. The fraction of sp³-hybridized carbons (Fsp3) is 0.333. The minimum absolute atomic E-state index is 0.0111. The Bertz CT molecular complexity index is 449. The van der Waals surface area contributed by atoms with Crippen LogP contribution in [0.4, 0.5) is 0 Å². The lowest BCUT2D eigenvalue weighted by Gasteiger charge is -2.01. The number of aryl methyl sites for hydroxylation is 1. The van der Waals surface area contributed by atoms with Gasteiger partial charge >= 0.3 is 11.9 Å². The molecule has 0 fully saturated rings. The molecule has 4 heteroatoms. The molecule has 4 nitrogen and oxygen atoms in total. The van der Waals surface area contributed by atoms with Gasteiger partial charge in [0, 0.05) is 0 Å². The highest BCUT2D eigenvalue weighted by molar-refractivity contribution is 5.94. The van der Waals surface area contributed by atoms with Crippen LogP contribution in [0, 0.1) is 6.92 Å². The monoisotopic (exact) mass is 264 g/mol. The number of carboxylic acid groups (broad SMARTS) is 2. The molecule has 19 heavy (non-hydrogen) atoms. The van der Waals surface area contributed by atoms with Gasteiger partial charge in [-0.15, -0.1) is 6.58 Å². The van der Waals surface area contributed by atoms with Gasteiger partial charge in [0.1, 0.15) is 0 Å². The van der Waals surface area contributed by atoms with E-state index in [9.17, 15) is 9.59 Å². The number of hydrogen-bond donors (Lipinski definition) is 2. The summed E-state index contributed by atoms with van der Waals surface area (Å²) in [6.45, 7) is 7.40. The molecule has 0 amide bonds. The normalized spacial score (nSPS) is 9.16. The lowest BCUT2D eigenvalue weighted by Crippen LogP contribution is -2.03. The quantitative estimate of drug-likeness (QED) is 0.627. The third kappa shape index (κ3) is 6.41. The molecule has 104 valence electrons. The maximum Gasteiger partial charge on any atom is 0.335 e. The van der Waals surface area contributed by atoms with E-state index in [1.165, 1.54) is 31.4 Å². The molecule has 0 spiro atoms. The molecule has 0 saturated carbocycles. The van der Waals surface area contributed by atoms with Gasteiger partial charge in [-0.25, -0.2) is 9.59 Å². The van der Waals surface area contributed by atoms with Crippen LogP contribution in [0.3, 0.4) is 0 Å². The first-order valence-corrected chi connectivity index (χ1v) is 6.12. The van der Waals surface area contributed by atoms with Crippen LogP contribution in [0.2, 0.25) is 0 Å². The highest BCUT2D eigenvalue weighted by atomic mass is 16.4. The molecule has 0 aromatic heterocycles. The first-order valence-electron chi connectivity index (χ1n) is 6.12. The lowest BCUT2D eigenvalue weighted by atomic mass is 10.1. The Balaban J connectivity index is 0.000000459. The summed E-state index contributed by atoms with van der Waals surface area (Å²) in [7, 11) is 0. The van der Waals surface area contributed by atoms with Crippen LogP contribution in [0.15, 0.2) is 30.9 Å². The average Bonchev–Trinajstić information content (AvgIpc) is 2.37. The molecule has 0 bridgehead atoms. The maximum atomic E-state index is 10.6. The van der Waals surface area contributed by atoms with Gasteiger partial charge in [0.25, 0.3) is 0 Å². The molecule has 2 N–H and O–H groups in total. The van der Waals surface area contributed by atoms with Gasteiger partial charge in [0.2, 0.25) is 0 Å². The van der Waals surface area contributed by atoms with Crippen LogP contribution in [0.1, 0.15) is 52.5 Å². The van der Waals surface area contributed by atoms with E-state index < -0.39 is 11.9 Å². The number of carboxylic acids is 2. The molecule has 0 unspecified atom stereocenters. The Kier molecular flexibility index (Phi) is 7.93. The maximum absolute atomic E-state index is 10.6. The molecule has 0 saturated heterocycles. The second-order valence-corrected chi connectivity index (χ2v) is 4.07. The van der Waals surface area contributed by atoms with Crippen LogP contribution in [-0.4, -0.2) is 22.2 Å². The summed E-state index contributed by atoms with van der Waals surface area (Å²) in [6, 6.07) is 4.01.